The summed E-state index contributed by atoms with van der Waals surface area (Å²) in [6.45, 7) is 2.65. The topological polar surface area (TPSA) is 13.1 Å². The Balaban J connectivity index is 1.96. The van der Waals surface area contributed by atoms with E-state index >= 15 is 0 Å². The van der Waals surface area contributed by atoms with E-state index < -0.39 is 0 Å². The van der Waals surface area contributed by atoms with E-state index in [1.807, 2.05) is 44.3 Å². The zero-order valence-electron chi connectivity index (χ0n) is 13.6. The van der Waals surface area contributed by atoms with Crippen LogP contribution in [0.3, 0.4) is 0 Å². The molecule has 3 aromatic rings. The van der Waals surface area contributed by atoms with E-state index in [-0.39, 0.29) is 0 Å². The van der Waals surface area contributed by atoms with Gasteiger partial charge in [0.2, 0.25) is 11.2 Å². The van der Waals surface area contributed by atoms with Crippen LogP contribution in [0, 0.1) is 0 Å². The van der Waals surface area contributed by atoms with Crippen LogP contribution in [0.15, 0.2) is 48.5 Å². The molecule has 0 aliphatic rings. The summed E-state index contributed by atoms with van der Waals surface area (Å²) in [7, 11) is 2.05. The van der Waals surface area contributed by atoms with Gasteiger partial charge in [-0.25, -0.2) is 0 Å². The number of fused-ring (bicyclic) bond motifs is 1. The summed E-state index contributed by atoms with van der Waals surface area (Å²) >= 11 is 12.2. The largest absolute Gasteiger partial charge is 0.494 e. The number of hydrogen-bond donors (Lipinski definition) is 0. The molecule has 0 unspecified atom stereocenters. The molecule has 0 aliphatic heterocycles. The van der Waals surface area contributed by atoms with Gasteiger partial charge in [0.15, 0.2) is 0 Å². The normalized spacial score (nSPS) is 11.3. The van der Waals surface area contributed by atoms with E-state index in [4.69, 9.17) is 27.9 Å². The van der Waals surface area contributed by atoms with Gasteiger partial charge in [0.05, 0.1) is 12.0 Å². The fourth-order valence-electron chi connectivity index (χ4n) is 2.63. The van der Waals surface area contributed by atoms with Gasteiger partial charge in [0.25, 0.3) is 0 Å². The molecule has 0 fully saturated rings. The Labute approximate surface area is 151 Å². The van der Waals surface area contributed by atoms with E-state index in [0.29, 0.717) is 16.7 Å². The maximum atomic E-state index is 6.22. The van der Waals surface area contributed by atoms with Gasteiger partial charge in [-0.1, -0.05) is 29.3 Å². The Morgan fingerprint density at radius 3 is 2.58 bits per heavy atom. The highest BCUT2D eigenvalue weighted by atomic mass is 35.5. The van der Waals surface area contributed by atoms with Crippen LogP contribution in [0.25, 0.3) is 23.1 Å². The van der Waals surface area contributed by atoms with Crippen LogP contribution in [0.2, 0.25) is 10.0 Å². The molecule has 0 amide bonds. The minimum Gasteiger partial charge on any atom is -0.494 e. The summed E-state index contributed by atoms with van der Waals surface area (Å²) in [5, 5.41) is 2.42. The second kappa shape index (κ2) is 7.25. The molecule has 1 heterocycles. The molecule has 4 heteroatoms. The second-order valence-corrected chi connectivity index (χ2v) is 6.31. The summed E-state index contributed by atoms with van der Waals surface area (Å²) in [6, 6.07) is 15.8. The lowest BCUT2D eigenvalue weighted by molar-refractivity contribution is -0.646. The number of nitrogens with zero attached hydrogens (tertiary/aromatic N) is 1. The lowest BCUT2D eigenvalue weighted by Crippen LogP contribution is -2.32. The van der Waals surface area contributed by atoms with Gasteiger partial charge < -0.3 is 4.74 Å². The number of aryl methyl sites for hydroxylation is 1. The van der Waals surface area contributed by atoms with Gasteiger partial charge in [0, 0.05) is 28.3 Å². The maximum Gasteiger partial charge on any atom is 0.212 e. The van der Waals surface area contributed by atoms with Crippen molar-refractivity contribution < 1.29 is 9.30 Å². The fourth-order valence-corrected chi connectivity index (χ4v) is 3.10. The van der Waals surface area contributed by atoms with Crippen molar-refractivity contribution >= 4 is 46.3 Å². The number of hydrogen-bond acceptors (Lipinski definition) is 1. The van der Waals surface area contributed by atoms with E-state index in [2.05, 4.69) is 28.8 Å². The Morgan fingerprint density at radius 1 is 1.00 bits per heavy atom. The Morgan fingerprint density at radius 2 is 1.83 bits per heavy atom. The van der Waals surface area contributed by atoms with Crippen LogP contribution < -0.4 is 9.30 Å². The molecule has 0 N–H and O–H groups in total. The van der Waals surface area contributed by atoms with Crippen molar-refractivity contribution in [3.05, 3.63) is 69.8 Å². The van der Waals surface area contributed by atoms with Gasteiger partial charge in [-0.3, -0.25) is 0 Å². The molecule has 0 atom stereocenters. The maximum absolute atomic E-state index is 6.22. The predicted octanol–water partition coefficient (Wildman–Crippen LogP) is 5.54. The van der Waals surface area contributed by atoms with E-state index in [1.54, 1.807) is 6.07 Å². The second-order valence-electron chi connectivity index (χ2n) is 5.47. The highest BCUT2D eigenvalue weighted by Crippen LogP contribution is 2.23. The molecule has 24 heavy (non-hydrogen) atoms. The first kappa shape index (κ1) is 16.8. The number of benzene rings is 2. The molecule has 3 rings (SSSR count). The summed E-state index contributed by atoms with van der Waals surface area (Å²) < 4.78 is 7.71. The summed E-state index contributed by atoms with van der Waals surface area (Å²) in [4.78, 5) is 0. The van der Waals surface area contributed by atoms with Gasteiger partial charge in [-0.15, -0.1) is 0 Å². The van der Waals surface area contributed by atoms with Crippen LogP contribution in [-0.2, 0) is 7.05 Å². The molecular weight excluding hydrogens is 341 g/mol. The number of ether oxygens (including phenoxy) is 1. The van der Waals surface area contributed by atoms with Crippen molar-refractivity contribution in [2.45, 2.75) is 6.92 Å². The molecule has 2 nitrogen and oxygen atoms in total. The van der Waals surface area contributed by atoms with Gasteiger partial charge in [0.1, 0.15) is 12.8 Å². The van der Waals surface area contributed by atoms with Crippen molar-refractivity contribution in [1.29, 1.82) is 0 Å². The zero-order chi connectivity index (χ0) is 17.1. The number of halogens is 2. The molecule has 0 saturated heterocycles. The molecule has 0 aliphatic carbocycles. The first-order valence-corrected chi connectivity index (χ1v) is 8.53. The zero-order valence-corrected chi connectivity index (χ0v) is 15.1. The summed E-state index contributed by atoms with van der Waals surface area (Å²) in [5.41, 5.74) is 3.16. The van der Waals surface area contributed by atoms with E-state index in [9.17, 15) is 0 Å². The highest BCUT2D eigenvalue weighted by molar-refractivity contribution is 6.35. The van der Waals surface area contributed by atoms with Crippen LogP contribution in [-0.4, -0.2) is 6.61 Å². The van der Waals surface area contributed by atoms with Crippen LogP contribution in [0.4, 0.5) is 0 Å². The third-order valence-corrected chi connectivity index (χ3v) is 4.45. The Kier molecular flexibility index (Phi) is 5.08. The Bertz CT molecular complexity index is 919. The standard InChI is InChI=1S/C20H18Cl2NO/c1-3-24-18-10-11-20-15(12-18)6-9-17(23(20)2)8-5-14-4-7-16(21)13-19(14)22/h4-13H,3H2,1-2H3/q+1. The minimum absolute atomic E-state index is 0.638. The molecule has 0 saturated carbocycles. The minimum atomic E-state index is 0.638. The fraction of sp³-hybridized carbons (Fsp3) is 0.150. The van der Waals surface area contributed by atoms with Gasteiger partial charge in [-0.05, 0) is 48.9 Å². The van der Waals surface area contributed by atoms with Crippen LogP contribution >= 0.6 is 23.2 Å². The summed E-state index contributed by atoms with van der Waals surface area (Å²) in [5.74, 6) is 0.890. The Hall–Kier alpha value is -2.03. The average Bonchev–Trinajstić information content (AvgIpc) is 2.56. The van der Waals surface area contributed by atoms with Crippen LogP contribution in [0.5, 0.6) is 5.75 Å². The van der Waals surface area contributed by atoms with E-state index in [0.717, 1.165) is 27.9 Å². The third kappa shape index (κ3) is 3.55. The third-order valence-electron chi connectivity index (χ3n) is 3.89. The SMILES string of the molecule is CCOc1ccc2c(ccc(C=Cc3ccc(Cl)cc3Cl)[n+]2C)c1. The molecular formula is C20H18Cl2NO+. The molecule has 1 aromatic heterocycles. The van der Waals surface area contributed by atoms with Crippen molar-refractivity contribution in [2.24, 2.45) is 7.05 Å². The molecule has 2 aromatic carbocycles. The first-order valence-electron chi connectivity index (χ1n) is 7.77. The van der Waals surface area contributed by atoms with Gasteiger partial charge >= 0.3 is 0 Å². The summed E-state index contributed by atoms with van der Waals surface area (Å²) in [6.07, 6.45) is 4.04. The molecule has 122 valence electrons. The van der Waals surface area contributed by atoms with E-state index in [1.165, 1.54) is 0 Å². The first-order chi connectivity index (χ1) is 11.6. The van der Waals surface area contributed by atoms with Crippen molar-refractivity contribution in [3.8, 4) is 5.75 Å². The molecule has 0 spiro atoms. The van der Waals surface area contributed by atoms with Crippen molar-refractivity contribution in [2.75, 3.05) is 6.61 Å². The smallest absolute Gasteiger partial charge is 0.212 e. The molecule has 0 bridgehead atoms. The number of rotatable bonds is 4. The number of aromatic nitrogens is 1. The quantitative estimate of drug-likeness (QED) is 0.558. The predicted molar refractivity (Wildman–Crippen MR) is 102 cm³/mol. The molecule has 0 radical (unpaired) electrons. The lowest BCUT2D eigenvalue weighted by atomic mass is 10.1. The lowest BCUT2D eigenvalue weighted by Gasteiger charge is -2.05. The van der Waals surface area contributed by atoms with Gasteiger partial charge in [-0.2, -0.15) is 4.57 Å². The van der Waals surface area contributed by atoms with Crippen molar-refractivity contribution in [3.63, 3.8) is 0 Å². The average molecular weight is 359 g/mol. The van der Waals surface area contributed by atoms with Crippen LogP contribution in [0.1, 0.15) is 18.2 Å². The number of pyridine rings is 1. The monoisotopic (exact) mass is 358 g/mol. The highest BCUT2D eigenvalue weighted by Gasteiger charge is 2.10. The van der Waals surface area contributed by atoms with Crippen molar-refractivity contribution in [1.82, 2.24) is 0 Å².